The van der Waals surface area contributed by atoms with Gasteiger partial charge in [-0.05, 0) is 60.7 Å². The van der Waals surface area contributed by atoms with Gasteiger partial charge in [-0.2, -0.15) is 26.3 Å². The van der Waals surface area contributed by atoms with E-state index < -0.39 is 41.3 Å². The van der Waals surface area contributed by atoms with E-state index in [0.717, 1.165) is 5.56 Å². The molecule has 3 unspecified atom stereocenters. The number of carbonyl (C=O) groups is 1. The van der Waals surface area contributed by atoms with Crippen molar-refractivity contribution in [1.82, 2.24) is 4.90 Å². The molecule has 0 saturated heterocycles. The predicted octanol–water partition coefficient (Wildman–Crippen LogP) is 5.17. The van der Waals surface area contributed by atoms with E-state index in [1.54, 1.807) is 12.1 Å². The van der Waals surface area contributed by atoms with Crippen molar-refractivity contribution in [2.24, 2.45) is 5.73 Å². The summed E-state index contributed by atoms with van der Waals surface area (Å²) in [4.78, 5) is 13.6. The molecular formula is C26H29F7N2O3. The van der Waals surface area contributed by atoms with E-state index in [-0.39, 0.29) is 43.2 Å². The first kappa shape index (κ1) is 29.9. The van der Waals surface area contributed by atoms with Crippen LogP contribution in [0.2, 0.25) is 0 Å². The first-order valence-electron chi connectivity index (χ1n) is 12.0. The zero-order valence-corrected chi connectivity index (χ0v) is 20.6. The molecule has 3 atom stereocenters. The van der Waals surface area contributed by atoms with Crippen LogP contribution in [0, 0.1) is 5.82 Å². The van der Waals surface area contributed by atoms with Crippen LogP contribution in [0.15, 0.2) is 42.5 Å². The number of benzene rings is 2. The Balaban J connectivity index is 1.81. The van der Waals surface area contributed by atoms with Gasteiger partial charge in [-0.3, -0.25) is 9.69 Å². The zero-order valence-electron chi connectivity index (χ0n) is 20.6. The fraction of sp³-hybridized carbons (Fsp3) is 0.500. The maximum absolute atomic E-state index is 13.6. The minimum Gasteiger partial charge on any atom is -0.383 e. The van der Waals surface area contributed by atoms with Crippen LogP contribution in [0.1, 0.15) is 41.0 Å². The molecule has 0 bridgehead atoms. The van der Waals surface area contributed by atoms with Crippen molar-refractivity contribution in [1.29, 1.82) is 0 Å². The highest BCUT2D eigenvalue weighted by molar-refractivity contribution is 5.76. The van der Waals surface area contributed by atoms with Crippen LogP contribution in [-0.4, -0.2) is 56.4 Å². The van der Waals surface area contributed by atoms with Gasteiger partial charge in [0.15, 0.2) is 0 Å². The Hall–Kier alpha value is -2.70. The minimum absolute atomic E-state index is 0.0527. The Bertz CT molecular complexity index is 1040. The van der Waals surface area contributed by atoms with Crippen LogP contribution < -0.4 is 5.73 Å². The van der Waals surface area contributed by atoms with Crippen molar-refractivity contribution >= 4 is 5.91 Å². The lowest BCUT2D eigenvalue weighted by Gasteiger charge is -2.34. The van der Waals surface area contributed by atoms with Crippen molar-refractivity contribution in [2.75, 3.05) is 33.4 Å². The summed E-state index contributed by atoms with van der Waals surface area (Å²) in [6.45, 7) is 0.520. The Kier molecular flexibility index (Phi) is 9.77. The first-order chi connectivity index (χ1) is 17.8. The van der Waals surface area contributed by atoms with Crippen molar-refractivity contribution in [3.05, 3.63) is 70.5 Å². The second-order valence-corrected chi connectivity index (χ2v) is 9.22. The molecule has 5 nitrogen and oxygen atoms in total. The average Bonchev–Trinajstić information content (AvgIpc) is 3.24. The third-order valence-electron chi connectivity index (χ3n) is 6.60. The Labute approximate surface area is 215 Å². The molecule has 1 aliphatic carbocycles. The molecule has 2 aromatic carbocycles. The molecule has 0 aliphatic heterocycles. The fourth-order valence-electron chi connectivity index (χ4n) is 4.92. The largest absolute Gasteiger partial charge is 0.416 e. The molecule has 2 N–H and O–H groups in total. The summed E-state index contributed by atoms with van der Waals surface area (Å²) in [5.74, 6) is -1.34. The highest BCUT2D eigenvalue weighted by atomic mass is 19.4. The molecule has 1 amide bonds. The van der Waals surface area contributed by atoms with Gasteiger partial charge < -0.3 is 15.2 Å². The predicted molar refractivity (Wildman–Crippen MR) is 125 cm³/mol. The molecule has 3 rings (SSSR count). The van der Waals surface area contributed by atoms with Gasteiger partial charge in [0.1, 0.15) is 5.82 Å². The summed E-state index contributed by atoms with van der Waals surface area (Å²) in [6, 6.07) is 6.99. The average molecular weight is 551 g/mol. The summed E-state index contributed by atoms with van der Waals surface area (Å²) in [5.41, 5.74) is 3.24. The van der Waals surface area contributed by atoms with Crippen LogP contribution in [0.3, 0.4) is 0 Å². The number of hydrogen-bond donors (Lipinski definition) is 1. The quantitative estimate of drug-likeness (QED) is 0.392. The lowest BCUT2D eigenvalue weighted by atomic mass is 9.91. The SMILES string of the molecule is COCCN(CC(N)=O)C1CCC(OCCc2cc(C(F)(F)F)cc(C(F)(F)F)c2)C1c1ccc(F)cc1. The van der Waals surface area contributed by atoms with E-state index in [0.29, 0.717) is 38.1 Å². The van der Waals surface area contributed by atoms with Crippen molar-refractivity contribution in [2.45, 2.75) is 49.7 Å². The minimum atomic E-state index is -4.94. The van der Waals surface area contributed by atoms with E-state index in [1.807, 2.05) is 4.90 Å². The summed E-state index contributed by atoms with van der Waals surface area (Å²) < 4.78 is 104. The highest BCUT2D eigenvalue weighted by Crippen LogP contribution is 2.41. The van der Waals surface area contributed by atoms with E-state index >= 15 is 0 Å². The molecule has 210 valence electrons. The summed E-state index contributed by atoms with van der Waals surface area (Å²) in [6.07, 6.45) is -9.45. The number of nitrogens with two attached hydrogens (primary N) is 1. The maximum atomic E-state index is 13.6. The topological polar surface area (TPSA) is 64.8 Å². The summed E-state index contributed by atoms with van der Waals surface area (Å²) in [5, 5.41) is 0. The number of halogens is 7. The molecule has 0 aromatic heterocycles. The summed E-state index contributed by atoms with van der Waals surface area (Å²) >= 11 is 0. The summed E-state index contributed by atoms with van der Waals surface area (Å²) in [7, 11) is 1.51. The number of nitrogens with zero attached hydrogens (tertiary/aromatic N) is 1. The lowest BCUT2D eigenvalue weighted by Crippen LogP contribution is -2.45. The normalized spacial score (nSPS) is 20.3. The van der Waals surface area contributed by atoms with Crippen molar-refractivity contribution < 1.29 is 45.0 Å². The van der Waals surface area contributed by atoms with Gasteiger partial charge in [0.25, 0.3) is 0 Å². The van der Waals surface area contributed by atoms with Crippen molar-refractivity contribution in [3.63, 3.8) is 0 Å². The smallest absolute Gasteiger partial charge is 0.383 e. The maximum Gasteiger partial charge on any atom is 0.416 e. The molecule has 38 heavy (non-hydrogen) atoms. The van der Waals surface area contributed by atoms with Gasteiger partial charge in [0.2, 0.25) is 5.91 Å². The van der Waals surface area contributed by atoms with E-state index in [1.165, 1.54) is 19.2 Å². The van der Waals surface area contributed by atoms with E-state index in [2.05, 4.69) is 0 Å². The second kappa shape index (κ2) is 12.4. The van der Waals surface area contributed by atoms with Crippen LogP contribution in [0.4, 0.5) is 30.7 Å². The van der Waals surface area contributed by atoms with Gasteiger partial charge in [-0.15, -0.1) is 0 Å². The number of amides is 1. The van der Waals surface area contributed by atoms with Crippen molar-refractivity contribution in [3.8, 4) is 0 Å². The zero-order chi connectivity index (χ0) is 28.1. The Morgan fingerprint density at radius 3 is 2.11 bits per heavy atom. The van der Waals surface area contributed by atoms with E-state index in [4.69, 9.17) is 15.2 Å². The molecule has 0 heterocycles. The second-order valence-electron chi connectivity index (χ2n) is 9.22. The molecule has 1 aliphatic rings. The highest BCUT2D eigenvalue weighted by Gasteiger charge is 2.41. The van der Waals surface area contributed by atoms with Gasteiger partial charge in [-0.1, -0.05) is 12.1 Å². The Morgan fingerprint density at radius 1 is 0.974 bits per heavy atom. The number of hydrogen-bond acceptors (Lipinski definition) is 4. The fourth-order valence-corrected chi connectivity index (χ4v) is 4.92. The number of rotatable bonds is 11. The number of ether oxygens (including phenoxy) is 2. The third-order valence-corrected chi connectivity index (χ3v) is 6.60. The van der Waals surface area contributed by atoms with Crippen LogP contribution in [-0.2, 0) is 33.0 Å². The standard InChI is InChI=1S/C26H29F7N2O3/c1-37-11-9-35(15-23(34)36)21-6-7-22(24(21)17-2-4-20(27)5-3-17)38-10-8-16-12-18(25(28,29)30)14-19(13-16)26(31,32)33/h2-5,12-14,21-22,24H,6-11,15H2,1H3,(H2,34,36). The number of methoxy groups -OCH3 is 1. The van der Waals surface area contributed by atoms with Gasteiger partial charge in [0, 0.05) is 25.6 Å². The molecule has 1 fully saturated rings. The number of primary amides is 1. The van der Waals surface area contributed by atoms with Gasteiger partial charge in [0.05, 0.1) is 37.0 Å². The first-order valence-corrected chi connectivity index (χ1v) is 12.0. The van der Waals surface area contributed by atoms with E-state index in [9.17, 15) is 35.5 Å². The molecule has 1 saturated carbocycles. The van der Waals surface area contributed by atoms with Crippen LogP contribution in [0.5, 0.6) is 0 Å². The monoisotopic (exact) mass is 550 g/mol. The Morgan fingerprint density at radius 2 is 1.58 bits per heavy atom. The molecular weight excluding hydrogens is 521 g/mol. The van der Waals surface area contributed by atoms with Gasteiger partial charge >= 0.3 is 12.4 Å². The molecule has 0 radical (unpaired) electrons. The molecule has 2 aromatic rings. The lowest BCUT2D eigenvalue weighted by molar-refractivity contribution is -0.143. The van der Waals surface area contributed by atoms with Crippen LogP contribution >= 0.6 is 0 Å². The molecule has 0 spiro atoms. The number of alkyl halides is 6. The van der Waals surface area contributed by atoms with Crippen LogP contribution in [0.25, 0.3) is 0 Å². The third kappa shape index (κ3) is 7.90. The van der Waals surface area contributed by atoms with Gasteiger partial charge in [-0.25, -0.2) is 4.39 Å². The molecule has 12 heteroatoms. The number of carbonyl (C=O) groups excluding carboxylic acids is 1.